The van der Waals surface area contributed by atoms with E-state index in [1.165, 1.54) is 0 Å². The van der Waals surface area contributed by atoms with Gasteiger partial charge in [-0.05, 0) is 32.9 Å². The van der Waals surface area contributed by atoms with E-state index >= 15 is 0 Å². The molecule has 0 saturated heterocycles. The summed E-state index contributed by atoms with van der Waals surface area (Å²) in [4.78, 5) is 12.7. The summed E-state index contributed by atoms with van der Waals surface area (Å²) >= 11 is 0. The molecule has 144 valence electrons. The van der Waals surface area contributed by atoms with Crippen LogP contribution in [-0.2, 0) is 16.4 Å². The quantitative estimate of drug-likeness (QED) is 0.556. The van der Waals surface area contributed by atoms with E-state index in [1.54, 1.807) is 44.3 Å². The second-order valence-corrected chi connectivity index (χ2v) is 9.36. The third-order valence-electron chi connectivity index (χ3n) is 4.75. The van der Waals surface area contributed by atoms with Crippen molar-refractivity contribution < 1.29 is 8.42 Å². The van der Waals surface area contributed by atoms with Crippen LogP contribution in [0.3, 0.4) is 0 Å². The Hall–Kier alpha value is -3.00. The molecule has 0 saturated carbocycles. The number of H-pyrrole nitrogens is 1. The monoisotopic (exact) mass is 395 g/mol. The van der Waals surface area contributed by atoms with Gasteiger partial charge in [-0.15, -0.1) is 0 Å². The first kappa shape index (κ1) is 18.4. The van der Waals surface area contributed by atoms with Gasteiger partial charge in [-0.25, -0.2) is 18.4 Å². The highest BCUT2D eigenvalue weighted by Gasteiger charge is 2.19. The Morgan fingerprint density at radius 1 is 1.11 bits per heavy atom. The molecule has 0 spiro atoms. The fraction of sp³-hybridized carbons (Fsp3) is 0.250. The first-order valence-electron chi connectivity index (χ1n) is 9.11. The van der Waals surface area contributed by atoms with E-state index in [-0.39, 0.29) is 0 Å². The number of rotatable bonds is 5. The van der Waals surface area contributed by atoms with E-state index in [9.17, 15) is 8.42 Å². The molecule has 1 aromatic carbocycles. The molecule has 7 nitrogen and oxygen atoms in total. The molecular formula is C20H21N5O2S. The van der Waals surface area contributed by atoms with E-state index in [1.807, 2.05) is 30.2 Å². The molecule has 8 heteroatoms. The molecule has 0 amide bonds. The van der Waals surface area contributed by atoms with Crippen molar-refractivity contribution in [2.75, 3.05) is 0 Å². The van der Waals surface area contributed by atoms with E-state index in [0.29, 0.717) is 16.2 Å². The van der Waals surface area contributed by atoms with Crippen molar-refractivity contribution >= 4 is 21.0 Å². The Kier molecular flexibility index (Phi) is 4.50. The van der Waals surface area contributed by atoms with E-state index < -0.39 is 15.1 Å². The van der Waals surface area contributed by atoms with Crippen LogP contribution < -0.4 is 0 Å². The summed E-state index contributed by atoms with van der Waals surface area (Å²) in [5.74, 6) is 0. The minimum atomic E-state index is -3.29. The van der Waals surface area contributed by atoms with Crippen LogP contribution in [0.15, 0.2) is 53.9 Å². The number of benzene rings is 1. The topological polar surface area (TPSA) is 93.5 Å². The Balaban J connectivity index is 1.75. The smallest absolute Gasteiger partial charge is 0.180 e. The molecule has 0 aliphatic rings. The van der Waals surface area contributed by atoms with Crippen molar-refractivity contribution in [2.24, 2.45) is 0 Å². The molecule has 0 fully saturated rings. The second-order valence-electron chi connectivity index (χ2n) is 6.86. The third-order valence-corrected chi connectivity index (χ3v) is 6.92. The molecule has 0 bridgehead atoms. The van der Waals surface area contributed by atoms with Gasteiger partial charge in [0.15, 0.2) is 15.5 Å². The van der Waals surface area contributed by atoms with Crippen LogP contribution in [0.4, 0.5) is 0 Å². The summed E-state index contributed by atoms with van der Waals surface area (Å²) in [6.45, 7) is 6.19. The maximum atomic E-state index is 12.3. The van der Waals surface area contributed by atoms with Gasteiger partial charge in [0.1, 0.15) is 5.52 Å². The molecule has 0 unspecified atom stereocenters. The predicted octanol–water partition coefficient (Wildman–Crippen LogP) is 3.69. The third kappa shape index (κ3) is 3.09. The normalized spacial score (nSPS) is 12.1. The highest BCUT2D eigenvalue weighted by Crippen LogP contribution is 2.28. The molecular weight excluding hydrogens is 374 g/mol. The van der Waals surface area contributed by atoms with Crippen LogP contribution in [0, 0.1) is 0 Å². The van der Waals surface area contributed by atoms with Crippen LogP contribution in [-0.4, -0.2) is 38.4 Å². The molecule has 0 aliphatic heterocycles. The molecule has 0 radical (unpaired) electrons. The Morgan fingerprint density at radius 3 is 2.50 bits per heavy atom. The Labute approximate surface area is 163 Å². The molecule has 3 heterocycles. The zero-order chi connectivity index (χ0) is 19.9. The van der Waals surface area contributed by atoms with Crippen molar-refractivity contribution in [1.29, 1.82) is 0 Å². The minimum absolute atomic E-state index is 0.314. The summed E-state index contributed by atoms with van der Waals surface area (Å²) < 4.78 is 26.5. The molecule has 1 N–H and O–H groups in total. The standard InChI is InChI=1S/C20H21N5O2S/c1-4-25-12-15(9-23-25)17-10-21-20-19(17)24-18(11-22-20)14-5-7-16(8-6-14)28(26,27)13(2)3/h5-13H,4H2,1-3H3,(H,21,22). The van der Waals surface area contributed by atoms with Crippen molar-refractivity contribution in [3.63, 3.8) is 0 Å². The number of nitrogens with one attached hydrogen (secondary N) is 1. The molecule has 3 aromatic heterocycles. The lowest BCUT2D eigenvalue weighted by atomic mass is 10.1. The maximum absolute atomic E-state index is 12.3. The number of sulfone groups is 1. The first-order chi connectivity index (χ1) is 13.4. The number of aromatic amines is 1. The van der Waals surface area contributed by atoms with Crippen LogP contribution in [0.25, 0.3) is 33.5 Å². The van der Waals surface area contributed by atoms with Crippen LogP contribution in [0.5, 0.6) is 0 Å². The maximum Gasteiger partial charge on any atom is 0.180 e. The molecule has 4 rings (SSSR count). The fourth-order valence-corrected chi connectivity index (χ4v) is 4.07. The summed E-state index contributed by atoms with van der Waals surface area (Å²) in [6.07, 6.45) is 7.35. The number of hydrogen-bond acceptors (Lipinski definition) is 5. The Bertz CT molecular complexity index is 1240. The van der Waals surface area contributed by atoms with Crippen LogP contribution in [0.2, 0.25) is 0 Å². The van der Waals surface area contributed by atoms with Gasteiger partial charge >= 0.3 is 0 Å². The molecule has 0 atom stereocenters. The van der Waals surface area contributed by atoms with Crippen molar-refractivity contribution in [3.05, 3.63) is 49.1 Å². The zero-order valence-electron chi connectivity index (χ0n) is 15.9. The summed E-state index contributed by atoms with van der Waals surface area (Å²) in [5.41, 5.74) is 4.85. The van der Waals surface area contributed by atoms with Gasteiger partial charge < -0.3 is 4.98 Å². The van der Waals surface area contributed by atoms with Crippen LogP contribution >= 0.6 is 0 Å². The number of aromatic nitrogens is 5. The van der Waals surface area contributed by atoms with Gasteiger partial charge in [-0.3, -0.25) is 4.68 Å². The van der Waals surface area contributed by atoms with Crippen molar-refractivity contribution in [2.45, 2.75) is 37.5 Å². The van der Waals surface area contributed by atoms with Gasteiger partial charge in [-0.1, -0.05) is 12.1 Å². The van der Waals surface area contributed by atoms with Gasteiger partial charge in [0.25, 0.3) is 0 Å². The lowest BCUT2D eigenvalue weighted by Crippen LogP contribution is -2.13. The average molecular weight is 395 g/mol. The number of nitrogens with zero attached hydrogens (tertiary/aromatic N) is 4. The number of hydrogen-bond donors (Lipinski definition) is 1. The highest BCUT2D eigenvalue weighted by molar-refractivity contribution is 7.92. The summed E-state index contributed by atoms with van der Waals surface area (Å²) in [5, 5.41) is 3.87. The van der Waals surface area contributed by atoms with E-state index in [2.05, 4.69) is 15.1 Å². The van der Waals surface area contributed by atoms with E-state index in [0.717, 1.165) is 28.8 Å². The predicted molar refractivity (Wildman–Crippen MR) is 109 cm³/mol. The SMILES string of the molecule is CCn1cc(-c2c[nH]c3ncc(-c4ccc(S(=O)(=O)C(C)C)cc4)nc23)cn1. The first-order valence-corrected chi connectivity index (χ1v) is 10.7. The van der Waals surface area contributed by atoms with E-state index in [4.69, 9.17) is 4.98 Å². The lowest BCUT2D eigenvalue weighted by molar-refractivity contribution is 0.587. The average Bonchev–Trinajstić information content (AvgIpc) is 3.33. The molecule has 28 heavy (non-hydrogen) atoms. The summed E-state index contributed by atoms with van der Waals surface area (Å²) in [6, 6.07) is 6.79. The van der Waals surface area contributed by atoms with Crippen molar-refractivity contribution in [1.82, 2.24) is 24.7 Å². The molecule has 4 aromatic rings. The minimum Gasteiger partial charge on any atom is -0.344 e. The van der Waals surface area contributed by atoms with Crippen molar-refractivity contribution in [3.8, 4) is 22.4 Å². The molecule has 0 aliphatic carbocycles. The number of fused-ring (bicyclic) bond motifs is 1. The summed E-state index contributed by atoms with van der Waals surface area (Å²) in [7, 11) is -3.29. The largest absolute Gasteiger partial charge is 0.344 e. The highest BCUT2D eigenvalue weighted by atomic mass is 32.2. The van der Waals surface area contributed by atoms with Gasteiger partial charge in [0, 0.05) is 35.6 Å². The van der Waals surface area contributed by atoms with Gasteiger partial charge in [-0.2, -0.15) is 5.10 Å². The van der Waals surface area contributed by atoms with Gasteiger partial charge in [0.2, 0.25) is 0 Å². The lowest BCUT2D eigenvalue weighted by Gasteiger charge is -2.08. The second kappa shape index (κ2) is 6.87. The number of aryl methyl sites for hydroxylation is 1. The Morgan fingerprint density at radius 2 is 1.86 bits per heavy atom. The zero-order valence-corrected chi connectivity index (χ0v) is 16.7. The van der Waals surface area contributed by atoms with Gasteiger partial charge in [0.05, 0.1) is 28.2 Å². The van der Waals surface area contributed by atoms with Crippen LogP contribution in [0.1, 0.15) is 20.8 Å². The fourth-order valence-electron chi connectivity index (χ4n) is 3.01.